The van der Waals surface area contributed by atoms with Crippen LogP contribution in [0.1, 0.15) is 15.9 Å². The van der Waals surface area contributed by atoms with Gasteiger partial charge < -0.3 is 9.84 Å². The van der Waals surface area contributed by atoms with Crippen LogP contribution in [-0.4, -0.2) is 18.5 Å². The van der Waals surface area contributed by atoms with Gasteiger partial charge in [0.15, 0.2) is 6.29 Å². The van der Waals surface area contributed by atoms with Crippen LogP contribution in [-0.2, 0) is 0 Å². The van der Waals surface area contributed by atoms with Gasteiger partial charge in [-0.05, 0) is 19.1 Å². The number of aldehydes is 1. The monoisotopic (exact) mass is 166 g/mol. The van der Waals surface area contributed by atoms with Crippen LogP contribution in [0.4, 0.5) is 0 Å². The Kier molecular flexibility index (Phi) is 2.33. The summed E-state index contributed by atoms with van der Waals surface area (Å²) in [6.07, 6.45) is 0.674. The number of aromatic hydroxyl groups is 1. The van der Waals surface area contributed by atoms with Gasteiger partial charge in [0.05, 0.1) is 12.7 Å². The summed E-state index contributed by atoms with van der Waals surface area (Å²) in [5.74, 6) is 0.596. The van der Waals surface area contributed by atoms with Crippen molar-refractivity contribution < 1.29 is 14.6 Å². The van der Waals surface area contributed by atoms with E-state index in [1.54, 1.807) is 13.0 Å². The molecule has 0 amide bonds. The van der Waals surface area contributed by atoms with Crippen molar-refractivity contribution in [2.45, 2.75) is 6.92 Å². The molecule has 0 saturated carbocycles. The lowest BCUT2D eigenvalue weighted by molar-refractivity contribution is 0.111. The van der Waals surface area contributed by atoms with Crippen molar-refractivity contribution in [3.8, 4) is 11.5 Å². The molecule has 0 aliphatic carbocycles. The number of carbonyl (C=O) groups excluding carboxylic acids is 1. The molecule has 1 N–H and O–H groups in total. The Labute approximate surface area is 70.6 Å². The Balaban J connectivity index is 3.35. The molecule has 1 rings (SSSR count). The topological polar surface area (TPSA) is 46.5 Å². The third-order valence-corrected chi connectivity index (χ3v) is 1.78. The van der Waals surface area contributed by atoms with Gasteiger partial charge in [-0.2, -0.15) is 0 Å². The molecule has 0 aromatic heterocycles. The molecule has 12 heavy (non-hydrogen) atoms. The molecule has 0 aliphatic heterocycles. The zero-order valence-electron chi connectivity index (χ0n) is 7.00. The van der Waals surface area contributed by atoms with Gasteiger partial charge in [0.2, 0.25) is 0 Å². The van der Waals surface area contributed by atoms with Gasteiger partial charge in [0.25, 0.3) is 0 Å². The largest absolute Gasteiger partial charge is 0.508 e. The van der Waals surface area contributed by atoms with Crippen LogP contribution >= 0.6 is 0 Å². The van der Waals surface area contributed by atoms with E-state index in [-0.39, 0.29) is 5.75 Å². The third-order valence-electron chi connectivity index (χ3n) is 1.78. The average molecular weight is 166 g/mol. The van der Waals surface area contributed by atoms with Gasteiger partial charge in [-0.3, -0.25) is 4.79 Å². The van der Waals surface area contributed by atoms with Crippen LogP contribution < -0.4 is 4.74 Å². The number of phenols is 1. The minimum absolute atomic E-state index is 0.109. The lowest BCUT2D eigenvalue weighted by Crippen LogP contribution is -1.93. The van der Waals surface area contributed by atoms with Crippen molar-refractivity contribution in [2.75, 3.05) is 7.11 Å². The number of rotatable bonds is 2. The molecule has 0 bridgehead atoms. The number of carbonyl (C=O) groups is 1. The zero-order valence-corrected chi connectivity index (χ0v) is 7.00. The standard InChI is InChI=1S/C9H10O3/c1-6-7(5-10)9(12-2)4-3-8(6)11/h3-5,11H,1-2H3. The van der Waals surface area contributed by atoms with E-state index >= 15 is 0 Å². The summed E-state index contributed by atoms with van der Waals surface area (Å²) in [4.78, 5) is 10.6. The Bertz CT molecular complexity index is 305. The molecule has 0 heterocycles. The van der Waals surface area contributed by atoms with E-state index in [0.29, 0.717) is 23.2 Å². The van der Waals surface area contributed by atoms with Crippen LogP contribution in [0.25, 0.3) is 0 Å². The van der Waals surface area contributed by atoms with Crippen molar-refractivity contribution in [2.24, 2.45) is 0 Å². The lowest BCUT2D eigenvalue weighted by Gasteiger charge is -2.06. The first-order valence-corrected chi connectivity index (χ1v) is 3.52. The predicted octanol–water partition coefficient (Wildman–Crippen LogP) is 1.52. The van der Waals surface area contributed by atoms with Crippen molar-refractivity contribution in [3.63, 3.8) is 0 Å². The molecule has 64 valence electrons. The van der Waals surface area contributed by atoms with Crippen LogP contribution in [0.3, 0.4) is 0 Å². The fraction of sp³-hybridized carbons (Fsp3) is 0.222. The molecule has 0 fully saturated rings. The summed E-state index contributed by atoms with van der Waals surface area (Å²) < 4.78 is 4.93. The fourth-order valence-electron chi connectivity index (χ4n) is 1.02. The normalized spacial score (nSPS) is 9.50. The number of methoxy groups -OCH3 is 1. The van der Waals surface area contributed by atoms with E-state index in [1.165, 1.54) is 13.2 Å². The Morgan fingerprint density at radius 2 is 2.17 bits per heavy atom. The first-order chi connectivity index (χ1) is 5.70. The smallest absolute Gasteiger partial charge is 0.154 e. The van der Waals surface area contributed by atoms with Crippen LogP contribution in [0.15, 0.2) is 12.1 Å². The number of hydrogen-bond donors (Lipinski definition) is 1. The Morgan fingerprint density at radius 3 is 2.67 bits per heavy atom. The molecule has 1 aromatic carbocycles. The maximum Gasteiger partial charge on any atom is 0.154 e. The van der Waals surface area contributed by atoms with Gasteiger partial charge in [-0.1, -0.05) is 0 Å². The third kappa shape index (κ3) is 1.25. The van der Waals surface area contributed by atoms with Gasteiger partial charge in [-0.25, -0.2) is 0 Å². The molecule has 3 nitrogen and oxygen atoms in total. The van der Waals surface area contributed by atoms with Crippen molar-refractivity contribution in [1.82, 2.24) is 0 Å². The Morgan fingerprint density at radius 1 is 1.50 bits per heavy atom. The molecule has 0 aliphatic rings. The quantitative estimate of drug-likeness (QED) is 0.677. The second kappa shape index (κ2) is 3.26. The Hall–Kier alpha value is -1.51. The molecular formula is C9H10O3. The highest BCUT2D eigenvalue weighted by Crippen LogP contribution is 2.26. The summed E-state index contributed by atoms with van der Waals surface area (Å²) in [5.41, 5.74) is 0.946. The highest BCUT2D eigenvalue weighted by molar-refractivity contribution is 5.82. The van der Waals surface area contributed by atoms with Crippen LogP contribution in [0, 0.1) is 6.92 Å². The number of hydrogen-bond acceptors (Lipinski definition) is 3. The summed E-state index contributed by atoms with van der Waals surface area (Å²) >= 11 is 0. The van der Waals surface area contributed by atoms with Crippen molar-refractivity contribution in [1.29, 1.82) is 0 Å². The second-order valence-corrected chi connectivity index (χ2v) is 2.44. The van der Waals surface area contributed by atoms with Gasteiger partial charge in [0, 0.05) is 5.56 Å². The van der Waals surface area contributed by atoms with Gasteiger partial charge >= 0.3 is 0 Å². The second-order valence-electron chi connectivity index (χ2n) is 2.44. The van der Waals surface area contributed by atoms with Crippen LogP contribution in [0.5, 0.6) is 11.5 Å². The van der Waals surface area contributed by atoms with Crippen molar-refractivity contribution >= 4 is 6.29 Å². The van der Waals surface area contributed by atoms with Gasteiger partial charge in [-0.15, -0.1) is 0 Å². The molecule has 1 aromatic rings. The molecule has 0 atom stereocenters. The summed E-state index contributed by atoms with van der Waals surface area (Å²) in [6, 6.07) is 3.06. The number of ether oxygens (including phenoxy) is 1. The molecule has 3 heteroatoms. The lowest BCUT2D eigenvalue weighted by atomic mass is 10.1. The fourth-order valence-corrected chi connectivity index (χ4v) is 1.02. The average Bonchev–Trinajstić information content (AvgIpc) is 2.09. The molecule has 0 radical (unpaired) electrons. The maximum absolute atomic E-state index is 10.6. The first kappa shape index (κ1) is 8.59. The zero-order chi connectivity index (χ0) is 9.14. The molecular weight excluding hydrogens is 156 g/mol. The minimum atomic E-state index is 0.109. The summed E-state index contributed by atoms with van der Waals surface area (Å²) in [5, 5.41) is 9.24. The van der Waals surface area contributed by atoms with E-state index < -0.39 is 0 Å². The highest BCUT2D eigenvalue weighted by atomic mass is 16.5. The minimum Gasteiger partial charge on any atom is -0.508 e. The first-order valence-electron chi connectivity index (χ1n) is 3.52. The van der Waals surface area contributed by atoms with E-state index in [9.17, 15) is 9.90 Å². The maximum atomic E-state index is 10.6. The van der Waals surface area contributed by atoms with E-state index in [2.05, 4.69) is 0 Å². The SMILES string of the molecule is COc1ccc(O)c(C)c1C=O. The van der Waals surface area contributed by atoms with Crippen molar-refractivity contribution in [3.05, 3.63) is 23.3 Å². The number of phenolic OH excluding ortho intramolecular Hbond substituents is 1. The van der Waals surface area contributed by atoms with E-state index in [1.807, 2.05) is 0 Å². The number of benzene rings is 1. The van der Waals surface area contributed by atoms with E-state index in [0.717, 1.165) is 0 Å². The summed E-state index contributed by atoms with van der Waals surface area (Å²) in [7, 11) is 1.48. The highest BCUT2D eigenvalue weighted by Gasteiger charge is 2.08. The molecule has 0 saturated heterocycles. The summed E-state index contributed by atoms with van der Waals surface area (Å²) in [6.45, 7) is 1.67. The molecule has 0 spiro atoms. The van der Waals surface area contributed by atoms with E-state index in [4.69, 9.17) is 4.74 Å². The molecule has 0 unspecified atom stereocenters. The van der Waals surface area contributed by atoms with Crippen LogP contribution in [0.2, 0.25) is 0 Å². The van der Waals surface area contributed by atoms with Gasteiger partial charge in [0.1, 0.15) is 11.5 Å². The predicted molar refractivity (Wildman–Crippen MR) is 44.8 cm³/mol.